The molecule has 7 heteroatoms. The summed E-state index contributed by atoms with van der Waals surface area (Å²) in [4.78, 5) is 12.6. The van der Waals surface area contributed by atoms with Crippen LogP contribution in [0.3, 0.4) is 0 Å². The van der Waals surface area contributed by atoms with Crippen LogP contribution in [0.5, 0.6) is 0 Å². The van der Waals surface area contributed by atoms with E-state index >= 15 is 0 Å². The second-order valence-electron chi connectivity index (χ2n) is 13.6. The van der Waals surface area contributed by atoms with Gasteiger partial charge in [-0.1, -0.05) is 13.8 Å². The van der Waals surface area contributed by atoms with E-state index in [9.17, 15) is 9.90 Å². The van der Waals surface area contributed by atoms with Crippen molar-refractivity contribution in [2.45, 2.75) is 163 Å². The summed E-state index contributed by atoms with van der Waals surface area (Å²) in [6, 6.07) is 0. The van der Waals surface area contributed by atoms with Crippen LogP contribution in [0.2, 0.25) is 0 Å². The first-order valence-corrected chi connectivity index (χ1v) is 13.5. The lowest BCUT2D eigenvalue weighted by molar-refractivity contribution is -0.128. The molecule has 0 aliphatic rings. The van der Waals surface area contributed by atoms with Gasteiger partial charge in [0, 0.05) is 13.0 Å². The average Bonchev–Trinajstić information content (AvgIpc) is 2.56. The van der Waals surface area contributed by atoms with Crippen LogP contribution in [0.1, 0.15) is 123 Å². The number of rotatable bonds is 17. The molecule has 0 aliphatic carbocycles. The number of hydrogen-bond acceptors (Lipinski definition) is 7. The molecule has 0 saturated carbocycles. The zero-order valence-electron chi connectivity index (χ0n) is 25.9. The molecule has 0 rings (SSSR count). The van der Waals surface area contributed by atoms with Gasteiger partial charge >= 0.3 is 6.16 Å². The number of hydrogen-bond donors (Lipinski definition) is 1. The molecule has 0 aromatic carbocycles. The second kappa shape index (κ2) is 13.8. The van der Waals surface area contributed by atoms with E-state index in [1.165, 1.54) is 0 Å². The first-order chi connectivity index (χ1) is 16.0. The molecule has 0 aliphatic heterocycles. The summed E-state index contributed by atoms with van der Waals surface area (Å²) in [5, 5.41) is 9.95. The summed E-state index contributed by atoms with van der Waals surface area (Å²) in [6.45, 7) is 28.6. The minimum Gasteiger partial charge on any atom is -0.431 e. The molecule has 1 N–H and O–H groups in total. The molecule has 0 radical (unpaired) electrons. The van der Waals surface area contributed by atoms with Crippen LogP contribution in [-0.2, 0) is 23.7 Å². The highest BCUT2D eigenvalue weighted by Gasteiger charge is 2.40. The van der Waals surface area contributed by atoms with Gasteiger partial charge in [0.2, 0.25) is 0 Å². The average molecular weight is 519 g/mol. The van der Waals surface area contributed by atoms with Crippen molar-refractivity contribution in [2.24, 2.45) is 5.41 Å². The molecule has 0 fully saturated rings. The second-order valence-corrected chi connectivity index (χ2v) is 13.6. The Hall–Kier alpha value is -0.890. The molecule has 2 atom stereocenters. The van der Waals surface area contributed by atoms with Gasteiger partial charge < -0.3 is 28.8 Å². The monoisotopic (exact) mass is 518 g/mol. The van der Waals surface area contributed by atoms with Crippen molar-refractivity contribution in [3.63, 3.8) is 0 Å². The zero-order valence-corrected chi connectivity index (χ0v) is 25.9. The van der Waals surface area contributed by atoms with Gasteiger partial charge in [-0.05, 0) is 108 Å². The summed E-state index contributed by atoms with van der Waals surface area (Å²) in [6.07, 6.45) is 1.52. The molecule has 0 aromatic rings. The zero-order chi connectivity index (χ0) is 28.6. The number of carbonyl (C=O) groups is 1. The van der Waals surface area contributed by atoms with Crippen molar-refractivity contribution in [3.05, 3.63) is 0 Å². The highest BCUT2D eigenvalue weighted by molar-refractivity contribution is 5.60. The standard InChI is InChI=1S/C29H58O7/c1-21(2)32-17-16-27(9,10)35-23(4)20-28(11,12)36-24(30)34-22(3)19-25(5,6)29(13,14)33-18-15-26(7,8)31/h21-23,31H,15-20H2,1-14H3. The lowest BCUT2D eigenvalue weighted by atomic mass is 9.73. The lowest BCUT2D eigenvalue weighted by Gasteiger charge is -2.43. The lowest BCUT2D eigenvalue weighted by Crippen LogP contribution is -2.45. The molecule has 0 bridgehead atoms. The van der Waals surface area contributed by atoms with E-state index in [1.54, 1.807) is 13.8 Å². The van der Waals surface area contributed by atoms with Crippen LogP contribution in [-0.4, -0.2) is 65.2 Å². The van der Waals surface area contributed by atoms with Gasteiger partial charge in [0.25, 0.3) is 0 Å². The normalized spacial score (nSPS) is 15.7. The molecule has 0 spiro atoms. The molecule has 0 aromatic heterocycles. The Morgan fingerprint density at radius 2 is 1.31 bits per heavy atom. The highest BCUT2D eigenvalue weighted by atomic mass is 16.7. The Balaban J connectivity index is 4.75. The van der Waals surface area contributed by atoms with Gasteiger partial charge in [-0.15, -0.1) is 0 Å². The highest BCUT2D eigenvalue weighted by Crippen LogP contribution is 2.39. The van der Waals surface area contributed by atoms with Crippen LogP contribution < -0.4 is 0 Å². The minimum absolute atomic E-state index is 0.111. The maximum absolute atomic E-state index is 12.6. The van der Waals surface area contributed by atoms with Gasteiger partial charge in [-0.25, -0.2) is 4.79 Å². The molecule has 216 valence electrons. The van der Waals surface area contributed by atoms with Crippen molar-refractivity contribution in [3.8, 4) is 0 Å². The van der Waals surface area contributed by atoms with E-state index in [1.807, 2.05) is 55.4 Å². The quantitative estimate of drug-likeness (QED) is 0.206. The molecular formula is C29H58O7. The molecule has 0 heterocycles. The van der Waals surface area contributed by atoms with Crippen molar-refractivity contribution in [1.82, 2.24) is 0 Å². The fourth-order valence-corrected chi connectivity index (χ4v) is 4.09. The first-order valence-electron chi connectivity index (χ1n) is 13.5. The van der Waals surface area contributed by atoms with Gasteiger partial charge in [-0.3, -0.25) is 0 Å². The van der Waals surface area contributed by atoms with E-state index in [0.29, 0.717) is 32.5 Å². The predicted octanol–water partition coefficient (Wildman–Crippen LogP) is 7.07. The third-order valence-electron chi connectivity index (χ3n) is 6.72. The van der Waals surface area contributed by atoms with Crippen LogP contribution in [0.25, 0.3) is 0 Å². The maximum atomic E-state index is 12.6. The van der Waals surface area contributed by atoms with Crippen LogP contribution >= 0.6 is 0 Å². The first kappa shape index (κ1) is 35.1. The van der Waals surface area contributed by atoms with E-state index < -0.39 is 23.0 Å². The van der Waals surface area contributed by atoms with E-state index in [0.717, 1.165) is 6.42 Å². The molecule has 2 unspecified atom stereocenters. The summed E-state index contributed by atoms with van der Waals surface area (Å²) < 4.78 is 29.3. The van der Waals surface area contributed by atoms with Gasteiger partial charge in [0.15, 0.2) is 0 Å². The Bertz CT molecular complexity index is 644. The number of aliphatic hydroxyl groups is 1. The van der Waals surface area contributed by atoms with Gasteiger partial charge in [0.1, 0.15) is 11.7 Å². The van der Waals surface area contributed by atoms with Crippen molar-refractivity contribution < 1.29 is 33.6 Å². The smallest absolute Gasteiger partial charge is 0.431 e. The van der Waals surface area contributed by atoms with Crippen molar-refractivity contribution in [1.29, 1.82) is 0 Å². The summed E-state index contributed by atoms with van der Waals surface area (Å²) in [5.74, 6) is 0. The number of ether oxygens (including phenoxy) is 5. The van der Waals surface area contributed by atoms with E-state index in [4.69, 9.17) is 23.7 Å². The Labute approximate surface area is 221 Å². The van der Waals surface area contributed by atoms with Crippen LogP contribution in [0.15, 0.2) is 0 Å². The number of carbonyl (C=O) groups excluding carboxylic acids is 1. The van der Waals surface area contributed by atoms with Gasteiger partial charge in [-0.2, -0.15) is 0 Å². The summed E-state index contributed by atoms with van der Waals surface area (Å²) in [5.41, 5.74) is -2.61. The topological polar surface area (TPSA) is 83.5 Å². The molecule has 0 amide bonds. The van der Waals surface area contributed by atoms with Crippen molar-refractivity contribution >= 4 is 6.16 Å². The van der Waals surface area contributed by atoms with Crippen LogP contribution in [0, 0.1) is 5.41 Å². The fraction of sp³-hybridized carbons (Fsp3) is 0.966. The summed E-state index contributed by atoms with van der Waals surface area (Å²) >= 11 is 0. The molecule has 36 heavy (non-hydrogen) atoms. The fourth-order valence-electron chi connectivity index (χ4n) is 4.09. The third kappa shape index (κ3) is 15.4. The van der Waals surface area contributed by atoms with E-state index in [2.05, 4.69) is 27.7 Å². The van der Waals surface area contributed by atoms with Crippen LogP contribution in [0.4, 0.5) is 4.79 Å². The molecule has 0 saturated heterocycles. The Kier molecular flexibility index (Phi) is 13.4. The summed E-state index contributed by atoms with van der Waals surface area (Å²) in [7, 11) is 0. The maximum Gasteiger partial charge on any atom is 0.509 e. The van der Waals surface area contributed by atoms with Crippen molar-refractivity contribution in [2.75, 3.05) is 13.2 Å². The Morgan fingerprint density at radius 3 is 1.81 bits per heavy atom. The Morgan fingerprint density at radius 1 is 0.750 bits per heavy atom. The largest absolute Gasteiger partial charge is 0.509 e. The third-order valence-corrected chi connectivity index (χ3v) is 6.72. The minimum atomic E-state index is -0.770. The molecule has 7 nitrogen and oxygen atoms in total. The van der Waals surface area contributed by atoms with Gasteiger partial charge in [0.05, 0.1) is 35.6 Å². The van der Waals surface area contributed by atoms with E-state index in [-0.39, 0.29) is 29.3 Å². The molecular weight excluding hydrogens is 460 g/mol. The SMILES string of the molecule is CC(C)OCCC(C)(C)OC(C)CC(C)(C)OC(=O)OC(C)CC(C)(C)C(C)(C)OCCC(C)(C)O. The predicted molar refractivity (Wildman–Crippen MR) is 145 cm³/mol.